The van der Waals surface area contributed by atoms with Gasteiger partial charge in [-0.15, -0.1) is 0 Å². The molecule has 5 nitrogen and oxygen atoms in total. The third kappa shape index (κ3) is 1.99. The lowest BCUT2D eigenvalue weighted by Gasteiger charge is -2.21. The molecule has 5 heteroatoms. The van der Waals surface area contributed by atoms with Gasteiger partial charge in [-0.25, -0.2) is 0 Å². The number of aromatic nitrogens is 3. The van der Waals surface area contributed by atoms with E-state index in [1.54, 1.807) is 0 Å². The second kappa shape index (κ2) is 5.00. The molecule has 116 valence electrons. The minimum Gasteiger partial charge on any atom is -0.383 e. The number of nitrogen functional groups attached to an aromatic ring is 1. The zero-order chi connectivity index (χ0) is 15.3. The van der Waals surface area contributed by atoms with Crippen molar-refractivity contribution < 1.29 is 4.79 Å². The van der Waals surface area contributed by atoms with Gasteiger partial charge in [-0.2, -0.15) is 9.78 Å². The van der Waals surface area contributed by atoms with Crippen molar-refractivity contribution in [3.63, 3.8) is 0 Å². The molecule has 22 heavy (non-hydrogen) atoms. The monoisotopic (exact) mass is 298 g/mol. The Bertz CT molecular complexity index is 740. The standard InChI is InChI=1S/C17H22N4O/c1-10-9-13-11(6-4-8-14(13)19-10)17(22)21-16(18)12-5-2-3-7-15(12)20-21/h9,11,19H,2-8,18H2,1H3. The Balaban J connectivity index is 1.72. The molecule has 2 aromatic rings. The van der Waals surface area contributed by atoms with Crippen molar-refractivity contribution >= 4 is 11.7 Å². The van der Waals surface area contributed by atoms with Crippen molar-refractivity contribution in [1.29, 1.82) is 0 Å². The molecule has 2 heterocycles. The highest BCUT2D eigenvalue weighted by Gasteiger charge is 2.32. The molecule has 0 fully saturated rings. The Kier molecular flexibility index (Phi) is 3.10. The Morgan fingerprint density at radius 2 is 2.14 bits per heavy atom. The molecule has 2 aliphatic carbocycles. The van der Waals surface area contributed by atoms with Crippen molar-refractivity contribution in [2.24, 2.45) is 0 Å². The number of carbonyl (C=O) groups is 1. The molecule has 0 spiro atoms. The molecule has 3 N–H and O–H groups in total. The molecule has 0 radical (unpaired) electrons. The molecule has 0 saturated heterocycles. The van der Waals surface area contributed by atoms with Crippen LogP contribution in [-0.2, 0) is 19.3 Å². The highest BCUT2D eigenvalue weighted by Crippen LogP contribution is 2.35. The summed E-state index contributed by atoms with van der Waals surface area (Å²) < 4.78 is 1.48. The van der Waals surface area contributed by atoms with Crippen LogP contribution in [0, 0.1) is 6.92 Å². The molecular formula is C17H22N4O. The highest BCUT2D eigenvalue weighted by molar-refractivity contribution is 5.88. The number of fused-ring (bicyclic) bond motifs is 2. The lowest BCUT2D eigenvalue weighted by Crippen LogP contribution is -2.25. The fourth-order valence-corrected chi connectivity index (χ4v) is 3.97. The number of nitrogens with two attached hydrogens (primary N) is 1. The smallest absolute Gasteiger partial charge is 0.256 e. The lowest BCUT2D eigenvalue weighted by molar-refractivity contribution is 0.0854. The minimum atomic E-state index is -0.114. The van der Waals surface area contributed by atoms with Crippen molar-refractivity contribution in [3.8, 4) is 0 Å². The minimum absolute atomic E-state index is 0.0341. The zero-order valence-electron chi connectivity index (χ0n) is 13.0. The molecule has 0 aliphatic heterocycles. The Morgan fingerprint density at radius 3 is 2.95 bits per heavy atom. The van der Waals surface area contributed by atoms with Crippen molar-refractivity contribution in [2.75, 3.05) is 5.73 Å². The maximum Gasteiger partial charge on any atom is 0.256 e. The second-order valence-electron chi connectivity index (χ2n) is 6.60. The SMILES string of the molecule is Cc1cc2c([nH]1)CCCC2C(=O)n1nc2c(c1N)CCCC2. The first kappa shape index (κ1) is 13.6. The highest BCUT2D eigenvalue weighted by atomic mass is 16.2. The first-order valence-corrected chi connectivity index (χ1v) is 8.24. The average Bonchev–Trinajstić information content (AvgIpc) is 3.06. The topological polar surface area (TPSA) is 76.7 Å². The van der Waals surface area contributed by atoms with Crippen LogP contribution >= 0.6 is 0 Å². The van der Waals surface area contributed by atoms with Crippen LogP contribution in [0.1, 0.15) is 64.6 Å². The third-order valence-electron chi connectivity index (χ3n) is 5.07. The number of carbonyl (C=O) groups excluding carboxylic acids is 1. The van der Waals surface area contributed by atoms with E-state index in [0.29, 0.717) is 5.82 Å². The van der Waals surface area contributed by atoms with Crippen LogP contribution in [0.3, 0.4) is 0 Å². The van der Waals surface area contributed by atoms with Gasteiger partial charge >= 0.3 is 0 Å². The summed E-state index contributed by atoms with van der Waals surface area (Å²) in [6.07, 6.45) is 7.12. The first-order valence-electron chi connectivity index (χ1n) is 8.24. The molecule has 2 aliphatic rings. The van der Waals surface area contributed by atoms with E-state index >= 15 is 0 Å². The van der Waals surface area contributed by atoms with Crippen molar-refractivity contribution in [2.45, 2.75) is 57.8 Å². The van der Waals surface area contributed by atoms with E-state index in [2.05, 4.69) is 16.1 Å². The number of anilines is 1. The predicted molar refractivity (Wildman–Crippen MR) is 85.1 cm³/mol. The summed E-state index contributed by atoms with van der Waals surface area (Å²) in [5, 5.41) is 4.54. The Morgan fingerprint density at radius 1 is 1.32 bits per heavy atom. The van der Waals surface area contributed by atoms with Crippen molar-refractivity contribution in [3.05, 3.63) is 34.3 Å². The van der Waals surface area contributed by atoms with Crippen LogP contribution in [0.25, 0.3) is 0 Å². The number of hydrogen-bond acceptors (Lipinski definition) is 3. The van der Waals surface area contributed by atoms with Gasteiger partial charge in [0.25, 0.3) is 5.91 Å². The van der Waals surface area contributed by atoms with Gasteiger partial charge < -0.3 is 10.7 Å². The first-order chi connectivity index (χ1) is 10.6. The number of nitrogens with one attached hydrogen (secondary N) is 1. The second-order valence-corrected chi connectivity index (χ2v) is 6.60. The number of H-pyrrole nitrogens is 1. The fourth-order valence-electron chi connectivity index (χ4n) is 3.97. The molecule has 4 rings (SSSR count). The van der Waals surface area contributed by atoms with E-state index in [4.69, 9.17) is 5.73 Å². The van der Waals surface area contributed by atoms with Gasteiger partial charge in [0.15, 0.2) is 0 Å². The lowest BCUT2D eigenvalue weighted by atomic mass is 9.86. The van der Waals surface area contributed by atoms with Crippen LogP contribution in [0.15, 0.2) is 6.07 Å². The average molecular weight is 298 g/mol. The quantitative estimate of drug-likeness (QED) is 0.850. The number of aromatic amines is 1. The van der Waals surface area contributed by atoms with E-state index in [-0.39, 0.29) is 11.8 Å². The van der Waals surface area contributed by atoms with Gasteiger partial charge in [0, 0.05) is 17.0 Å². The van der Waals surface area contributed by atoms with Crippen molar-refractivity contribution in [1.82, 2.24) is 14.8 Å². The van der Waals surface area contributed by atoms with Crippen LogP contribution < -0.4 is 5.73 Å². The van der Waals surface area contributed by atoms with E-state index in [9.17, 15) is 4.79 Å². The third-order valence-corrected chi connectivity index (χ3v) is 5.07. The molecular weight excluding hydrogens is 276 g/mol. The summed E-state index contributed by atoms with van der Waals surface area (Å²) in [7, 11) is 0. The van der Waals surface area contributed by atoms with Gasteiger partial charge in [0.1, 0.15) is 5.82 Å². The van der Waals surface area contributed by atoms with E-state index < -0.39 is 0 Å². The molecule has 2 aromatic heterocycles. The summed E-state index contributed by atoms with van der Waals surface area (Å²) in [4.78, 5) is 16.4. The summed E-state index contributed by atoms with van der Waals surface area (Å²) in [5.74, 6) is 0.489. The maximum atomic E-state index is 13.0. The van der Waals surface area contributed by atoms with Crippen LogP contribution in [-0.4, -0.2) is 20.7 Å². The fraction of sp³-hybridized carbons (Fsp3) is 0.529. The van der Waals surface area contributed by atoms with Gasteiger partial charge in [0.05, 0.1) is 11.6 Å². The summed E-state index contributed by atoms with van der Waals surface area (Å²) >= 11 is 0. The summed E-state index contributed by atoms with van der Waals surface area (Å²) in [6, 6.07) is 2.11. The van der Waals surface area contributed by atoms with Gasteiger partial charge in [-0.05, 0) is 63.5 Å². The van der Waals surface area contributed by atoms with Crippen LogP contribution in [0.4, 0.5) is 5.82 Å². The van der Waals surface area contributed by atoms with E-state index in [1.807, 2.05) is 6.92 Å². The molecule has 0 saturated carbocycles. The Hall–Kier alpha value is -2.04. The number of aryl methyl sites for hydroxylation is 3. The van der Waals surface area contributed by atoms with Gasteiger partial charge in [-0.3, -0.25) is 4.79 Å². The van der Waals surface area contributed by atoms with Crippen LogP contribution in [0.5, 0.6) is 0 Å². The molecule has 0 amide bonds. The molecule has 1 unspecified atom stereocenters. The van der Waals surface area contributed by atoms with Gasteiger partial charge in [-0.1, -0.05) is 0 Å². The van der Waals surface area contributed by atoms with E-state index in [0.717, 1.165) is 67.5 Å². The van der Waals surface area contributed by atoms with E-state index in [1.165, 1.54) is 10.4 Å². The Labute approximate surface area is 129 Å². The zero-order valence-corrected chi connectivity index (χ0v) is 13.0. The number of nitrogens with zero attached hydrogens (tertiary/aromatic N) is 2. The normalized spacial score (nSPS) is 20.5. The number of rotatable bonds is 1. The molecule has 0 aromatic carbocycles. The largest absolute Gasteiger partial charge is 0.383 e. The van der Waals surface area contributed by atoms with Gasteiger partial charge in [0.2, 0.25) is 0 Å². The predicted octanol–water partition coefficient (Wildman–Crippen LogP) is 2.74. The summed E-state index contributed by atoms with van der Waals surface area (Å²) in [5.41, 5.74) is 11.8. The maximum absolute atomic E-state index is 13.0. The summed E-state index contributed by atoms with van der Waals surface area (Å²) in [6.45, 7) is 2.04. The molecule has 1 atom stereocenters. The number of hydrogen-bond donors (Lipinski definition) is 2. The van der Waals surface area contributed by atoms with Crippen LogP contribution in [0.2, 0.25) is 0 Å². The molecule has 0 bridgehead atoms.